The van der Waals surface area contributed by atoms with E-state index >= 15 is 0 Å². The first kappa shape index (κ1) is 22.9. The van der Waals surface area contributed by atoms with Crippen molar-refractivity contribution in [1.82, 2.24) is 24.8 Å². The fourth-order valence-corrected chi connectivity index (χ4v) is 4.20. The summed E-state index contributed by atoms with van der Waals surface area (Å²) in [4.78, 5) is 13.0. The lowest BCUT2D eigenvalue weighted by Crippen LogP contribution is -2.35. The van der Waals surface area contributed by atoms with Gasteiger partial charge in [-0.15, -0.1) is 0 Å². The van der Waals surface area contributed by atoms with Crippen molar-refractivity contribution in [3.8, 4) is 0 Å². The molecular weight excluding hydrogens is 460 g/mol. The third-order valence-electron chi connectivity index (χ3n) is 5.90. The molecule has 0 radical (unpaired) electrons. The van der Waals surface area contributed by atoms with Crippen LogP contribution in [0.2, 0.25) is 0 Å². The minimum atomic E-state index is -1.20. The lowest BCUT2D eigenvalue weighted by molar-refractivity contribution is -0.0491. The van der Waals surface area contributed by atoms with Gasteiger partial charge >= 0.3 is 0 Å². The molecule has 11 nitrogen and oxygen atoms in total. The van der Waals surface area contributed by atoms with Crippen molar-refractivity contribution in [1.29, 1.82) is 0 Å². The number of nitrogens with one attached hydrogen (secondary N) is 2. The summed E-state index contributed by atoms with van der Waals surface area (Å²) in [6, 6.07) is 9.93. The van der Waals surface area contributed by atoms with Gasteiger partial charge in [0, 0.05) is 13.2 Å². The quantitative estimate of drug-likeness (QED) is 0.352. The maximum atomic E-state index is 10.7. The highest BCUT2D eigenvalue weighted by molar-refractivity contribution is 7.80. The second kappa shape index (κ2) is 10.2. The number of benzene rings is 1. The third-order valence-corrected chi connectivity index (χ3v) is 6.16. The topological polar surface area (TPSA) is 136 Å². The molecule has 1 aromatic carbocycles. The number of anilines is 1. The molecule has 0 aliphatic carbocycles. The maximum Gasteiger partial charge on any atom is 0.256 e. The van der Waals surface area contributed by atoms with Gasteiger partial charge in [0.15, 0.2) is 23.2 Å². The van der Waals surface area contributed by atoms with Gasteiger partial charge in [-0.05, 0) is 24.2 Å². The molecule has 0 bridgehead atoms. The molecule has 34 heavy (non-hydrogen) atoms. The zero-order chi connectivity index (χ0) is 23.5. The van der Waals surface area contributed by atoms with Crippen molar-refractivity contribution in [2.75, 3.05) is 25.1 Å². The van der Waals surface area contributed by atoms with E-state index in [1.165, 1.54) is 12.7 Å². The van der Waals surface area contributed by atoms with Crippen LogP contribution in [0.1, 0.15) is 18.2 Å². The third kappa shape index (κ3) is 4.81. The summed E-state index contributed by atoms with van der Waals surface area (Å²) in [6.07, 6.45) is -0.228. The number of rotatable bonds is 7. The van der Waals surface area contributed by atoms with Gasteiger partial charge < -0.3 is 35.1 Å². The molecule has 2 aliphatic heterocycles. The molecule has 180 valence electrons. The SMILES string of the molecule is O[C@@H]1[C@@H](COC(=S)NCc2ccccc2)OC(n2cnc3c(N[C@@H]4CCOC4)ncnc32)[C@@H]1O. The fraction of sp³-hybridized carbons (Fsp3) is 0.455. The number of aromatic nitrogens is 4. The van der Waals surface area contributed by atoms with Gasteiger partial charge in [-0.2, -0.15) is 0 Å². The summed E-state index contributed by atoms with van der Waals surface area (Å²) >= 11 is 5.22. The van der Waals surface area contributed by atoms with Crippen LogP contribution in [0.25, 0.3) is 11.2 Å². The minimum Gasteiger partial charge on any atom is -0.468 e. The Morgan fingerprint density at radius 3 is 2.82 bits per heavy atom. The van der Waals surface area contributed by atoms with E-state index in [2.05, 4.69) is 25.6 Å². The molecular formula is C22H26N6O5S. The van der Waals surface area contributed by atoms with Crippen molar-refractivity contribution < 1.29 is 24.4 Å². The van der Waals surface area contributed by atoms with E-state index in [4.69, 9.17) is 26.4 Å². The van der Waals surface area contributed by atoms with E-state index in [0.29, 0.717) is 36.7 Å². The highest BCUT2D eigenvalue weighted by atomic mass is 32.1. The van der Waals surface area contributed by atoms with Gasteiger partial charge in [-0.1, -0.05) is 30.3 Å². The average molecular weight is 487 g/mol. The number of imidazole rings is 1. The van der Waals surface area contributed by atoms with E-state index in [0.717, 1.165) is 12.0 Å². The Kier molecular flexibility index (Phi) is 6.83. The molecule has 0 spiro atoms. The molecule has 2 fully saturated rings. The normalized spacial score (nSPS) is 26.6. The number of fused-ring (bicyclic) bond motifs is 1. The minimum absolute atomic E-state index is 0.0224. The van der Waals surface area contributed by atoms with Crippen LogP contribution in [0.15, 0.2) is 43.0 Å². The van der Waals surface area contributed by atoms with Crippen LogP contribution in [-0.4, -0.2) is 79.1 Å². The molecule has 5 rings (SSSR count). The van der Waals surface area contributed by atoms with Gasteiger partial charge in [-0.3, -0.25) is 4.57 Å². The van der Waals surface area contributed by atoms with Gasteiger partial charge in [0.25, 0.3) is 5.17 Å². The Bertz CT molecular complexity index is 1130. The second-order valence-corrected chi connectivity index (χ2v) is 8.61. The number of aliphatic hydroxyl groups is 2. The summed E-state index contributed by atoms with van der Waals surface area (Å²) in [5, 5.41) is 27.7. The number of hydrogen-bond acceptors (Lipinski definition) is 10. The molecule has 2 saturated heterocycles. The van der Waals surface area contributed by atoms with Crippen molar-refractivity contribution in [2.45, 2.75) is 43.5 Å². The fourth-order valence-electron chi connectivity index (χ4n) is 4.06. The van der Waals surface area contributed by atoms with Crippen LogP contribution >= 0.6 is 12.2 Å². The Morgan fingerprint density at radius 2 is 2.03 bits per heavy atom. The summed E-state index contributed by atoms with van der Waals surface area (Å²) in [6.45, 7) is 1.80. The summed E-state index contributed by atoms with van der Waals surface area (Å²) < 4.78 is 18.5. The number of aliphatic hydroxyl groups excluding tert-OH is 2. The molecule has 2 aliphatic rings. The van der Waals surface area contributed by atoms with Crippen LogP contribution in [0.5, 0.6) is 0 Å². The maximum absolute atomic E-state index is 10.7. The van der Waals surface area contributed by atoms with Gasteiger partial charge in [0.1, 0.15) is 31.2 Å². The molecule has 4 N–H and O–H groups in total. The van der Waals surface area contributed by atoms with Crippen molar-refractivity contribution >= 4 is 34.4 Å². The van der Waals surface area contributed by atoms with Crippen LogP contribution in [0.4, 0.5) is 5.82 Å². The Hall–Kier alpha value is -2.90. The zero-order valence-electron chi connectivity index (χ0n) is 18.3. The zero-order valence-corrected chi connectivity index (χ0v) is 19.1. The first-order valence-corrected chi connectivity index (χ1v) is 11.5. The molecule has 0 amide bonds. The molecule has 4 heterocycles. The van der Waals surface area contributed by atoms with Crippen LogP contribution in [0.3, 0.4) is 0 Å². The second-order valence-electron chi connectivity index (χ2n) is 8.24. The molecule has 3 aromatic rings. The van der Waals surface area contributed by atoms with Crippen LogP contribution < -0.4 is 10.6 Å². The van der Waals surface area contributed by atoms with Crippen molar-refractivity contribution in [2.24, 2.45) is 0 Å². The number of hydrogen-bond donors (Lipinski definition) is 4. The Labute approximate surface area is 201 Å². The Balaban J connectivity index is 1.22. The Morgan fingerprint density at radius 1 is 1.18 bits per heavy atom. The molecule has 12 heteroatoms. The predicted molar refractivity (Wildman–Crippen MR) is 126 cm³/mol. The molecule has 2 aromatic heterocycles. The van der Waals surface area contributed by atoms with Crippen molar-refractivity contribution in [3.63, 3.8) is 0 Å². The standard InChI is InChI=1S/C22H26N6O5S/c29-17-15(10-32-22(34)23-8-13-4-2-1-3-5-13)33-21(18(17)30)28-12-26-16-19(24-11-25-20(16)28)27-14-6-7-31-9-14/h1-5,11-12,14-15,17-18,21,29-30H,6-10H2,(H,23,34)(H,24,25,27)/t14-,15-,17-,18-,21?/m1/s1. The first-order valence-electron chi connectivity index (χ1n) is 11.1. The molecule has 0 saturated carbocycles. The van der Waals surface area contributed by atoms with E-state index < -0.39 is 24.5 Å². The monoisotopic (exact) mass is 486 g/mol. The van der Waals surface area contributed by atoms with Gasteiger partial charge in [-0.25, -0.2) is 15.0 Å². The summed E-state index contributed by atoms with van der Waals surface area (Å²) in [5.74, 6) is 0.585. The van der Waals surface area contributed by atoms with Gasteiger partial charge in [0.2, 0.25) is 0 Å². The average Bonchev–Trinajstić information content (AvgIpc) is 3.59. The molecule has 5 atom stereocenters. The van der Waals surface area contributed by atoms with E-state index in [9.17, 15) is 10.2 Å². The number of ether oxygens (including phenoxy) is 3. The predicted octanol–water partition coefficient (Wildman–Crippen LogP) is 0.738. The highest BCUT2D eigenvalue weighted by Gasteiger charge is 2.45. The summed E-state index contributed by atoms with van der Waals surface area (Å²) in [7, 11) is 0. The number of thiocarbonyl (C=S) groups is 1. The van der Waals surface area contributed by atoms with E-state index in [1.807, 2.05) is 30.3 Å². The van der Waals surface area contributed by atoms with E-state index in [1.54, 1.807) is 4.57 Å². The highest BCUT2D eigenvalue weighted by Crippen LogP contribution is 2.32. The van der Waals surface area contributed by atoms with Crippen LogP contribution in [-0.2, 0) is 20.8 Å². The van der Waals surface area contributed by atoms with Crippen molar-refractivity contribution in [3.05, 3.63) is 48.5 Å². The summed E-state index contributed by atoms with van der Waals surface area (Å²) in [5.41, 5.74) is 2.09. The lowest BCUT2D eigenvalue weighted by Gasteiger charge is -2.17. The smallest absolute Gasteiger partial charge is 0.256 e. The molecule has 1 unspecified atom stereocenters. The van der Waals surface area contributed by atoms with Gasteiger partial charge in [0.05, 0.1) is 19.0 Å². The number of nitrogens with zero attached hydrogens (tertiary/aromatic N) is 4. The van der Waals surface area contributed by atoms with E-state index in [-0.39, 0.29) is 17.8 Å². The van der Waals surface area contributed by atoms with Crippen LogP contribution in [0, 0.1) is 0 Å². The largest absolute Gasteiger partial charge is 0.468 e. The lowest BCUT2D eigenvalue weighted by atomic mass is 10.1. The first-order chi connectivity index (χ1) is 16.6.